The Kier molecular flexibility index (Phi) is 8.63. The Balaban J connectivity index is 1.80. The predicted octanol–water partition coefficient (Wildman–Crippen LogP) is 7.08. The van der Waals surface area contributed by atoms with E-state index in [9.17, 15) is 18.4 Å². The van der Waals surface area contributed by atoms with Crippen LogP contribution >= 0.6 is 58.0 Å². The van der Waals surface area contributed by atoms with Gasteiger partial charge in [0.2, 0.25) is 5.91 Å². The van der Waals surface area contributed by atoms with Gasteiger partial charge in [-0.2, -0.15) is 0 Å². The molecule has 2 aromatic carbocycles. The Labute approximate surface area is 230 Å². The lowest BCUT2D eigenvalue weighted by atomic mass is 10.1. The summed E-state index contributed by atoms with van der Waals surface area (Å²) in [4.78, 5) is 25.7. The minimum Gasteiger partial charge on any atom is -0.396 e. The second-order valence-corrected chi connectivity index (χ2v) is 10.7. The Morgan fingerprint density at radius 1 is 1.11 bits per heavy atom. The molecule has 12 heteroatoms. The molecule has 1 aliphatic carbocycles. The van der Waals surface area contributed by atoms with Gasteiger partial charge in [-0.15, -0.1) is 23.2 Å². The molecule has 1 aliphatic rings. The number of nitrogen functional groups attached to an aromatic ring is 1. The molecule has 3 rings (SSSR count). The fourth-order valence-corrected chi connectivity index (χ4v) is 4.74. The third kappa shape index (κ3) is 5.98. The number of benzene rings is 2. The standard InChI is InChI=1S/C24H18Cl5F2N3O2/c1-3-12(7-13(10(2)25)22(35)34-19-9-18(32)16(30)8-17(19)31)33-23(36)21-20(24(21,28)29)11-4-5-14(26)15(27)6-11/h3-9,20-21H,1,32H2,2H3,(H,33,36)(H,34,35)/b12-7+,13-10-/t20-,21+/m0/s1. The van der Waals surface area contributed by atoms with Crippen molar-refractivity contribution in [1.82, 2.24) is 5.32 Å². The number of amides is 2. The number of rotatable bonds is 7. The summed E-state index contributed by atoms with van der Waals surface area (Å²) < 4.78 is 26.1. The number of anilines is 2. The Morgan fingerprint density at radius 3 is 2.36 bits per heavy atom. The number of hydrogen-bond acceptors (Lipinski definition) is 3. The lowest BCUT2D eigenvalue weighted by molar-refractivity contribution is -0.121. The number of allylic oxidation sites excluding steroid dienone is 2. The van der Waals surface area contributed by atoms with Crippen LogP contribution in [0, 0.1) is 17.6 Å². The van der Waals surface area contributed by atoms with Gasteiger partial charge in [0.05, 0.1) is 32.9 Å². The van der Waals surface area contributed by atoms with Crippen LogP contribution in [-0.2, 0) is 9.59 Å². The molecule has 2 atom stereocenters. The molecular formula is C24H18Cl5F2N3O2. The van der Waals surface area contributed by atoms with Gasteiger partial charge in [0.25, 0.3) is 5.91 Å². The first-order chi connectivity index (χ1) is 16.8. The molecule has 2 amide bonds. The topological polar surface area (TPSA) is 84.2 Å². The van der Waals surface area contributed by atoms with Crippen molar-refractivity contribution in [3.63, 3.8) is 0 Å². The first kappa shape index (κ1) is 28.3. The fraction of sp³-hybridized carbons (Fsp3) is 0.167. The van der Waals surface area contributed by atoms with E-state index in [1.807, 2.05) is 0 Å². The van der Waals surface area contributed by atoms with Gasteiger partial charge >= 0.3 is 0 Å². The van der Waals surface area contributed by atoms with Crippen LogP contribution in [0.5, 0.6) is 0 Å². The van der Waals surface area contributed by atoms with Gasteiger partial charge in [0, 0.05) is 22.7 Å². The SMILES string of the molecule is C=C/C(=C\C(C(=O)Nc1cc(N)c(F)cc1F)=C(/C)Cl)NC(=O)[C@H]1[C@H](c2ccc(Cl)c(Cl)c2)C1(Cl)Cl. The van der Waals surface area contributed by atoms with Gasteiger partial charge in [0.1, 0.15) is 16.0 Å². The Hall–Kier alpha value is -2.29. The van der Waals surface area contributed by atoms with Crippen molar-refractivity contribution in [3.05, 3.63) is 92.6 Å². The van der Waals surface area contributed by atoms with Crippen molar-refractivity contribution in [1.29, 1.82) is 0 Å². The molecular weight excluding hydrogens is 578 g/mol. The van der Waals surface area contributed by atoms with Gasteiger partial charge < -0.3 is 16.4 Å². The van der Waals surface area contributed by atoms with Crippen LogP contribution in [0.3, 0.4) is 0 Å². The van der Waals surface area contributed by atoms with E-state index in [1.165, 1.54) is 19.1 Å². The Bertz CT molecular complexity index is 1320. The van der Waals surface area contributed by atoms with E-state index >= 15 is 0 Å². The minimum atomic E-state index is -1.41. The average Bonchev–Trinajstić information content (AvgIpc) is 3.38. The third-order valence-electron chi connectivity index (χ3n) is 5.38. The van der Waals surface area contributed by atoms with Gasteiger partial charge in [-0.3, -0.25) is 9.59 Å². The molecule has 0 bridgehead atoms. The Morgan fingerprint density at radius 2 is 1.78 bits per heavy atom. The lowest BCUT2D eigenvalue weighted by Crippen LogP contribution is -2.26. The molecule has 1 saturated carbocycles. The summed E-state index contributed by atoms with van der Waals surface area (Å²) in [6, 6.07) is 6.29. The van der Waals surface area contributed by atoms with Crippen LogP contribution < -0.4 is 16.4 Å². The van der Waals surface area contributed by atoms with Crippen LogP contribution in [-0.4, -0.2) is 16.1 Å². The van der Waals surface area contributed by atoms with Gasteiger partial charge in [-0.25, -0.2) is 8.78 Å². The number of carbonyl (C=O) groups is 2. The zero-order valence-corrected chi connectivity index (χ0v) is 22.2. The van der Waals surface area contributed by atoms with Gasteiger partial charge in [-0.05, 0) is 42.8 Å². The van der Waals surface area contributed by atoms with E-state index in [-0.39, 0.29) is 32.7 Å². The second kappa shape index (κ2) is 11.0. The largest absolute Gasteiger partial charge is 0.396 e. The highest BCUT2D eigenvalue weighted by molar-refractivity contribution is 6.53. The molecule has 0 unspecified atom stereocenters. The maximum Gasteiger partial charge on any atom is 0.256 e. The smallest absolute Gasteiger partial charge is 0.256 e. The maximum atomic E-state index is 14.1. The first-order valence-electron chi connectivity index (χ1n) is 10.2. The van der Waals surface area contributed by atoms with Gasteiger partial charge in [0.15, 0.2) is 0 Å². The molecule has 0 radical (unpaired) electrons. The summed E-state index contributed by atoms with van der Waals surface area (Å²) in [5.41, 5.74) is 5.31. The quantitative estimate of drug-likeness (QED) is 0.138. The van der Waals surface area contributed by atoms with E-state index < -0.39 is 39.6 Å². The number of carbonyl (C=O) groups excluding carboxylic acids is 2. The number of nitrogens with one attached hydrogen (secondary N) is 2. The molecule has 4 N–H and O–H groups in total. The summed E-state index contributed by atoms with van der Waals surface area (Å²) >= 11 is 30.8. The number of halogens is 7. The average molecular weight is 596 g/mol. The molecule has 0 spiro atoms. The summed E-state index contributed by atoms with van der Waals surface area (Å²) in [5.74, 6) is -4.82. The summed E-state index contributed by atoms with van der Waals surface area (Å²) in [6.45, 7) is 5.03. The molecule has 0 heterocycles. The monoisotopic (exact) mass is 593 g/mol. The zero-order valence-electron chi connectivity index (χ0n) is 18.4. The van der Waals surface area contributed by atoms with Crippen LogP contribution in [0.15, 0.2) is 65.4 Å². The molecule has 0 saturated heterocycles. The van der Waals surface area contributed by atoms with E-state index in [0.717, 1.165) is 6.07 Å². The van der Waals surface area contributed by atoms with Crippen molar-refractivity contribution in [2.75, 3.05) is 11.1 Å². The maximum absolute atomic E-state index is 14.1. The summed E-state index contributed by atoms with van der Waals surface area (Å²) in [5, 5.41) is 5.51. The van der Waals surface area contributed by atoms with E-state index in [0.29, 0.717) is 16.7 Å². The highest BCUT2D eigenvalue weighted by Crippen LogP contribution is 2.65. The van der Waals surface area contributed by atoms with Crippen molar-refractivity contribution in [3.8, 4) is 0 Å². The molecule has 36 heavy (non-hydrogen) atoms. The molecule has 2 aromatic rings. The molecule has 0 aliphatic heterocycles. The zero-order chi connectivity index (χ0) is 26.9. The van der Waals surface area contributed by atoms with Crippen molar-refractivity contribution >= 4 is 81.2 Å². The van der Waals surface area contributed by atoms with E-state index in [2.05, 4.69) is 17.2 Å². The van der Waals surface area contributed by atoms with Crippen LogP contribution in [0.1, 0.15) is 18.4 Å². The predicted molar refractivity (Wildman–Crippen MR) is 142 cm³/mol. The van der Waals surface area contributed by atoms with Gasteiger partial charge in [-0.1, -0.05) is 47.4 Å². The number of hydrogen-bond donors (Lipinski definition) is 3. The third-order valence-corrected chi connectivity index (χ3v) is 7.26. The molecule has 5 nitrogen and oxygen atoms in total. The number of alkyl halides is 2. The highest BCUT2D eigenvalue weighted by Gasteiger charge is 2.67. The normalized spacial score (nSPS) is 19.3. The highest BCUT2D eigenvalue weighted by atomic mass is 35.5. The number of nitrogens with two attached hydrogens (primary N) is 1. The van der Waals surface area contributed by atoms with Crippen LogP contribution in [0.4, 0.5) is 20.2 Å². The summed E-state index contributed by atoms with van der Waals surface area (Å²) in [7, 11) is 0. The van der Waals surface area contributed by atoms with Crippen molar-refractivity contribution in [2.24, 2.45) is 5.92 Å². The summed E-state index contributed by atoms with van der Waals surface area (Å²) in [6.07, 6.45) is 2.50. The van der Waals surface area contributed by atoms with Crippen LogP contribution in [0.2, 0.25) is 10.0 Å². The van der Waals surface area contributed by atoms with Crippen molar-refractivity contribution in [2.45, 2.75) is 17.2 Å². The van der Waals surface area contributed by atoms with Crippen LogP contribution in [0.25, 0.3) is 0 Å². The second-order valence-electron chi connectivity index (χ2n) is 7.85. The van der Waals surface area contributed by atoms with E-state index in [1.54, 1.807) is 18.2 Å². The fourth-order valence-electron chi connectivity index (χ4n) is 3.47. The van der Waals surface area contributed by atoms with Crippen molar-refractivity contribution < 1.29 is 18.4 Å². The molecule has 1 fully saturated rings. The molecule has 190 valence electrons. The first-order valence-corrected chi connectivity index (χ1v) is 12.1. The molecule has 0 aromatic heterocycles. The van der Waals surface area contributed by atoms with E-state index in [4.69, 9.17) is 63.7 Å². The minimum absolute atomic E-state index is 0.0146. The lowest BCUT2D eigenvalue weighted by Gasteiger charge is -2.11.